The Labute approximate surface area is 114 Å². The van der Waals surface area contributed by atoms with E-state index >= 15 is 0 Å². The first-order chi connectivity index (χ1) is 8.81. The number of nitrogens with zero attached hydrogens (tertiary/aromatic N) is 2. The quantitative estimate of drug-likeness (QED) is 0.741. The maximum atomic E-state index is 2.75. The van der Waals surface area contributed by atoms with Gasteiger partial charge in [-0.05, 0) is 70.2 Å². The second-order valence-corrected chi connectivity index (χ2v) is 6.41. The molecule has 2 heteroatoms. The van der Waals surface area contributed by atoms with Gasteiger partial charge in [0.15, 0.2) is 0 Å². The highest BCUT2D eigenvalue weighted by Gasteiger charge is 2.23. The molecule has 2 rings (SSSR count). The van der Waals surface area contributed by atoms with Crippen molar-refractivity contribution in [1.82, 2.24) is 9.80 Å². The van der Waals surface area contributed by atoms with Crippen LogP contribution in [0.4, 0.5) is 0 Å². The molecule has 106 valence electrons. The van der Waals surface area contributed by atoms with Crippen molar-refractivity contribution < 1.29 is 0 Å². The zero-order chi connectivity index (χ0) is 12.8. The Morgan fingerprint density at radius 3 is 1.89 bits per heavy atom. The lowest BCUT2D eigenvalue weighted by Crippen LogP contribution is -2.41. The van der Waals surface area contributed by atoms with Crippen molar-refractivity contribution in [3.63, 3.8) is 0 Å². The molecule has 2 saturated heterocycles. The Hall–Kier alpha value is -0.0800. The van der Waals surface area contributed by atoms with Gasteiger partial charge in [-0.2, -0.15) is 0 Å². The summed E-state index contributed by atoms with van der Waals surface area (Å²) in [6.45, 7) is 12.7. The first-order valence-electron chi connectivity index (χ1n) is 8.26. The van der Waals surface area contributed by atoms with Gasteiger partial charge in [-0.15, -0.1) is 0 Å². The van der Waals surface area contributed by atoms with Gasteiger partial charge in [-0.3, -0.25) is 0 Å². The molecule has 0 aromatic rings. The minimum Gasteiger partial charge on any atom is -0.304 e. The third kappa shape index (κ3) is 4.24. The van der Waals surface area contributed by atoms with Crippen LogP contribution in [0.1, 0.15) is 52.4 Å². The topological polar surface area (TPSA) is 6.48 Å². The molecule has 2 heterocycles. The SMILES string of the molecule is CCCC1CCN(CC2CCN(CC)CC2)CC1. The molecule has 2 aliphatic heterocycles. The molecule has 0 bridgehead atoms. The highest BCUT2D eigenvalue weighted by molar-refractivity contribution is 4.78. The molecular formula is C16H32N2. The van der Waals surface area contributed by atoms with E-state index in [-0.39, 0.29) is 0 Å². The molecule has 0 amide bonds. The van der Waals surface area contributed by atoms with Gasteiger partial charge in [0.1, 0.15) is 0 Å². The van der Waals surface area contributed by atoms with Crippen LogP contribution in [0.5, 0.6) is 0 Å². The molecule has 0 aliphatic carbocycles. The van der Waals surface area contributed by atoms with Gasteiger partial charge in [0, 0.05) is 6.54 Å². The Morgan fingerprint density at radius 2 is 1.33 bits per heavy atom. The predicted molar refractivity (Wildman–Crippen MR) is 78.9 cm³/mol. The fourth-order valence-electron chi connectivity index (χ4n) is 3.72. The Bertz CT molecular complexity index is 213. The van der Waals surface area contributed by atoms with E-state index in [1.165, 1.54) is 77.8 Å². The van der Waals surface area contributed by atoms with E-state index in [1.807, 2.05) is 0 Å². The number of piperidine rings is 2. The van der Waals surface area contributed by atoms with Gasteiger partial charge >= 0.3 is 0 Å². The summed E-state index contributed by atoms with van der Waals surface area (Å²) in [6.07, 6.45) is 8.62. The number of rotatable bonds is 5. The van der Waals surface area contributed by atoms with Crippen LogP contribution in [0.3, 0.4) is 0 Å². The summed E-state index contributed by atoms with van der Waals surface area (Å²) >= 11 is 0. The first kappa shape index (κ1) is 14.3. The van der Waals surface area contributed by atoms with E-state index in [0.717, 1.165) is 11.8 Å². The molecule has 18 heavy (non-hydrogen) atoms. The normalized spacial score (nSPS) is 25.7. The lowest BCUT2D eigenvalue weighted by atomic mass is 9.90. The van der Waals surface area contributed by atoms with Crippen LogP contribution in [-0.2, 0) is 0 Å². The van der Waals surface area contributed by atoms with Crippen molar-refractivity contribution in [1.29, 1.82) is 0 Å². The van der Waals surface area contributed by atoms with E-state index in [2.05, 4.69) is 23.6 Å². The molecule has 0 spiro atoms. The summed E-state index contributed by atoms with van der Waals surface area (Å²) in [4.78, 5) is 5.35. The summed E-state index contributed by atoms with van der Waals surface area (Å²) in [6, 6.07) is 0. The van der Waals surface area contributed by atoms with Crippen molar-refractivity contribution in [2.24, 2.45) is 11.8 Å². The summed E-state index contributed by atoms with van der Waals surface area (Å²) < 4.78 is 0. The maximum absolute atomic E-state index is 2.75. The monoisotopic (exact) mass is 252 g/mol. The minimum atomic E-state index is 0.982. The van der Waals surface area contributed by atoms with E-state index in [9.17, 15) is 0 Å². The highest BCUT2D eigenvalue weighted by atomic mass is 15.1. The van der Waals surface area contributed by atoms with Gasteiger partial charge in [0.25, 0.3) is 0 Å². The van der Waals surface area contributed by atoms with Crippen LogP contribution >= 0.6 is 0 Å². The van der Waals surface area contributed by atoms with Crippen LogP contribution in [-0.4, -0.2) is 49.1 Å². The van der Waals surface area contributed by atoms with Crippen LogP contribution in [0.2, 0.25) is 0 Å². The van der Waals surface area contributed by atoms with Crippen molar-refractivity contribution >= 4 is 0 Å². The molecule has 2 fully saturated rings. The highest BCUT2D eigenvalue weighted by Crippen LogP contribution is 2.24. The third-order valence-corrected chi connectivity index (χ3v) is 5.07. The van der Waals surface area contributed by atoms with E-state index < -0.39 is 0 Å². The second kappa shape index (κ2) is 7.49. The Kier molecular flexibility index (Phi) is 5.97. The van der Waals surface area contributed by atoms with Crippen LogP contribution in [0.15, 0.2) is 0 Å². The molecular weight excluding hydrogens is 220 g/mol. The van der Waals surface area contributed by atoms with Crippen molar-refractivity contribution in [2.45, 2.75) is 52.4 Å². The largest absolute Gasteiger partial charge is 0.304 e. The average molecular weight is 252 g/mol. The zero-order valence-electron chi connectivity index (χ0n) is 12.5. The fourth-order valence-corrected chi connectivity index (χ4v) is 3.72. The lowest BCUT2D eigenvalue weighted by molar-refractivity contribution is 0.118. The lowest BCUT2D eigenvalue weighted by Gasteiger charge is -2.37. The first-order valence-corrected chi connectivity index (χ1v) is 8.26. The van der Waals surface area contributed by atoms with Crippen molar-refractivity contribution in [2.75, 3.05) is 39.3 Å². The molecule has 0 aromatic heterocycles. The number of hydrogen-bond acceptors (Lipinski definition) is 2. The number of hydrogen-bond donors (Lipinski definition) is 0. The summed E-state index contributed by atoms with van der Waals surface area (Å²) in [7, 11) is 0. The third-order valence-electron chi connectivity index (χ3n) is 5.07. The Balaban J connectivity index is 1.63. The Morgan fingerprint density at radius 1 is 0.778 bits per heavy atom. The molecule has 0 radical (unpaired) electrons. The molecule has 0 aromatic carbocycles. The van der Waals surface area contributed by atoms with Crippen molar-refractivity contribution in [3.05, 3.63) is 0 Å². The van der Waals surface area contributed by atoms with Crippen LogP contribution in [0, 0.1) is 11.8 Å². The zero-order valence-corrected chi connectivity index (χ0v) is 12.5. The predicted octanol–water partition coefficient (Wildman–Crippen LogP) is 3.23. The molecule has 0 N–H and O–H groups in total. The van der Waals surface area contributed by atoms with Gasteiger partial charge in [0.2, 0.25) is 0 Å². The molecule has 0 atom stereocenters. The van der Waals surface area contributed by atoms with Gasteiger partial charge in [-0.1, -0.05) is 26.7 Å². The molecule has 2 nitrogen and oxygen atoms in total. The standard InChI is InChI=1S/C16H32N2/c1-3-5-15-6-12-18(13-7-15)14-16-8-10-17(4-2)11-9-16/h15-16H,3-14H2,1-2H3. The minimum absolute atomic E-state index is 0.982. The summed E-state index contributed by atoms with van der Waals surface area (Å²) in [5.74, 6) is 2.02. The van der Waals surface area contributed by atoms with E-state index in [0.29, 0.717) is 0 Å². The molecule has 2 aliphatic rings. The second-order valence-electron chi connectivity index (χ2n) is 6.41. The summed E-state index contributed by atoms with van der Waals surface area (Å²) in [5.41, 5.74) is 0. The molecule has 0 saturated carbocycles. The number of likely N-dealkylation sites (tertiary alicyclic amines) is 2. The van der Waals surface area contributed by atoms with E-state index in [1.54, 1.807) is 0 Å². The smallest absolute Gasteiger partial charge is 0.00106 e. The summed E-state index contributed by atoms with van der Waals surface area (Å²) in [5, 5.41) is 0. The van der Waals surface area contributed by atoms with Crippen molar-refractivity contribution in [3.8, 4) is 0 Å². The van der Waals surface area contributed by atoms with Gasteiger partial charge < -0.3 is 9.80 Å². The molecule has 0 unspecified atom stereocenters. The van der Waals surface area contributed by atoms with Gasteiger partial charge in [-0.25, -0.2) is 0 Å². The van der Waals surface area contributed by atoms with Gasteiger partial charge in [0.05, 0.1) is 0 Å². The average Bonchev–Trinajstić information content (AvgIpc) is 2.42. The van der Waals surface area contributed by atoms with Crippen LogP contribution < -0.4 is 0 Å². The van der Waals surface area contributed by atoms with Crippen LogP contribution in [0.25, 0.3) is 0 Å². The fraction of sp³-hybridized carbons (Fsp3) is 1.00. The maximum Gasteiger partial charge on any atom is 0.00106 e. The van der Waals surface area contributed by atoms with E-state index in [4.69, 9.17) is 0 Å².